The van der Waals surface area contributed by atoms with Crippen LogP contribution in [0.5, 0.6) is 5.75 Å². The highest BCUT2D eigenvalue weighted by Gasteiger charge is 2.33. The molecule has 7 rings (SSSR count). The molecule has 0 bridgehead atoms. The number of benzene rings is 2. The lowest BCUT2D eigenvalue weighted by atomic mass is 9.85. The highest BCUT2D eigenvalue weighted by Crippen LogP contribution is 2.30. The van der Waals surface area contributed by atoms with Gasteiger partial charge < -0.3 is 24.8 Å². The van der Waals surface area contributed by atoms with Crippen LogP contribution in [0.2, 0.25) is 0 Å². The number of amides is 2. The fourth-order valence-electron chi connectivity index (χ4n) is 6.91. The Bertz CT molecular complexity index is 2150. The summed E-state index contributed by atoms with van der Waals surface area (Å²) in [4.78, 5) is 50.8. The van der Waals surface area contributed by atoms with Crippen LogP contribution in [0.4, 0.5) is 14.6 Å². The smallest absolute Gasteiger partial charge is 0.274 e. The van der Waals surface area contributed by atoms with Crippen molar-refractivity contribution in [3.63, 3.8) is 0 Å². The number of ether oxygens (including phenoxy) is 1. The molecule has 3 N–H and O–H groups in total. The van der Waals surface area contributed by atoms with E-state index in [0.717, 1.165) is 18.2 Å². The first kappa shape index (κ1) is 33.8. The topological polar surface area (TPSA) is 147 Å². The third-order valence-electron chi connectivity index (χ3n) is 9.54. The Morgan fingerprint density at radius 1 is 1.08 bits per heavy atom. The minimum atomic E-state index is -0.659. The summed E-state index contributed by atoms with van der Waals surface area (Å²) in [5.74, 6) is -1.87. The Labute approximate surface area is 292 Å². The summed E-state index contributed by atoms with van der Waals surface area (Å²) in [6, 6.07) is 14.7. The summed E-state index contributed by atoms with van der Waals surface area (Å²) in [6.45, 7) is 4.92. The van der Waals surface area contributed by atoms with Crippen molar-refractivity contribution in [3.05, 3.63) is 99.6 Å². The molecule has 1 aliphatic carbocycles. The number of rotatable bonds is 10. The average molecular weight is 697 g/mol. The monoisotopic (exact) mass is 696 g/mol. The largest absolute Gasteiger partial charge is 0.483 e. The van der Waals surface area contributed by atoms with Crippen LogP contribution in [0.15, 0.2) is 65.6 Å². The summed E-state index contributed by atoms with van der Waals surface area (Å²) in [6.07, 6.45) is 3.52. The van der Waals surface area contributed by atoms with Gasteiger partial charge in [-0.1, -0.05) is 36.8 Å². The Morgan fingerprint density at radius 2 is 1.90 bits per heavy atom. The van der Waals surface area contributed by atoms with Crippen molar-refractivity contribution >= 4 is 28.5 Å². The average Bonchev–Trinajstić information content (AvgIpc) is 3.54. The van der Waals surface area contributed by atoms with Gasteiger partial charge in [0.05, 0.1) is 18.3 Å². The van der Waals surface area contributed by atoms with E-state index in [-0.39, 0.29) is 66.1 Å². The van der Waals surface area contributed by atoms with E-state index in [1.807, 2.05) is 44.2 Å². The zero-order valence-electron chi connectivity index (χ0n) is 28.3. The Morgan fingerprint density at radius 3 is 2.71 bits per heavy atom. The van der Waals surface area contributed by atoms with Gasteiger partial charge in [0.1, 0.15) is 18.1 Å². The van der Waals surface area contributed by atoms with Crippen molar-refractivity contribution in [1.29, 1.82) is 0 Å². The second-order valence-corrected chi connectivity index (χ2v) is 13.3. The van der Waals surface area contributed by atoms with Gasteiger partial charge in [0, 0.05) is 48.2 Å². The van der Waals surface area contributed by atoms with E-state index in [0.29, 0.717) is 54.6 Å². The zero-order chi connectivity index (χ0) is 35.6. The molecule has 3 aromatic heterocycles. The molecule has 0 unspecified atom stereocenters. The molecule has 2 atom stereocenters. The SMILES string of the molecule is CC(C)N1CCn2c(CNC(=O)[C@H]3CCC[C@@H](Nc4nc(-c5n[nH]c6ccc(F)cc56)ncc4F)C3)cc(=O)c(OCc3ccccc3)c2C1=O. The first-order chi connectivity index (χ1) is 24.7. The molecular formula is C37H38F2N8O4. The summed E-state index contributed by atoms with van der Waals surface area (Å²) < 4.78 is 36.6. The van der Waals surface area contributed by atoms with Gasteiger partial charge in [-0.05, 0) is 56.9 Å². The predicted molar refractivity (Wildman–Crippen MR) is 186 cm³/mol. The van der Waals surface area contributed by atoms with E-state index in [2.05, 4.69) is 30.8 Å². The molecule has 2 amide bonds. The highest BCUT2D eigenvalue weighted by molar-refractivity contribution is 5.96. The Balaban J connectivity index is 1.05. The predicted octanol–water partition coefficient (Wildman–Crippen LogP) is 5.19. The van der Waals surface area contributed by atoms with E-state index in [9.17, 15) is 23.2 Å². The third kappa shape index (κ3) is 7.03. The fraction of sp³-hybridized carbons (Fsp3) is 0.351. The number of hydrogen-bond donors (Lipinski definition) is 3. The van der Waals surface area contributed by atoms with Gasteiger partial charge in [0.15, 0.2) is 28.9 Å². The number of nitrogens with one attached hydrogen (secondary N) is 3. The van der Waals surface area contributed by atoms with Gasteiger partial charge in [-0.2, -0.15) is 5.10 Å². The van der Waals surface area contributed by atoms with Gasteiger partial charge in [-0.3, -0.25) is 19.5 Å². The summed E-state index contributed by atoms with van der Waals surface area (Å²) in [5, 5.41) is 13.6. The first-order valence-electron chi connectivity index (χ1n) is 17.1. The van der Waals surface area contributed by atoms with E-state index in [1.54, 1.807) is 15.5 Å². The first-order valence-corrected chi connectivity index (χ1v) is 17.1. The maximum atomic E-state index is 14.9. The number of H-pyrrole nitrogens is 1. The molecule has 2 aromatic carbocycles. The maximum absolute atomic E-state index is 14.9. The molecule has 0 saturated heterocycles. The number of aromatic amines is 1. The second-order valence-electron chi connectivity index (χ2n) is 13.3. The molecule has 12 nitrogen and oxygen atoms in total. The normalized spacial score (nSPS) is 17.4. The Hall–Kier alpha value is -5.66. The quantitative estimate of drug-likeness (QED) is 0.181. The number of pyridine rings is 1. The van der Waals surface area contributed by atoms with E-state index >= 15 is 0 Å². The van der Waals surface area contributed by atoms with Crippen LogP contribution in [-0.4, -0.2) is 60.1 Å². The minimum Gasteiger partial charge on any atom is -0.483 e. The van der Waals surface area contributed by atoms with Crippen molar-refractivity contribution in [2.24, 2.45) is 5.92 Å². The number of aromatic nitrogens is 5. The van der Waals surface area contributed by atoms with Crippen LogP contribution in [0.3, 0.4) is 0 Å². The van der Waals surface area contributed by atoms with Gasteiger partial charge in [0.25, 0.3) is 5.91 Å². The minimum absolute atomic E-state index is 0.00164. The van der Waals surface area contributed by atoms with E-state index in [1.165, 1.54) is 18.2 Å². The molecule has 1 aliphatic heterocycles. The van der Waals surface area contributed by atoms with Crippen molar-refractivity contribution < 1.29 is 23.1 Å². The standard InChI is InChI=1S/C37H38F2N8O4/c1-21(2)46-13-14-47-26(17-30(48)33(32(47)37(46)50)51-20-22-7-4-3-5-8-22)18-41-36(49)23-9-6-10-25(15-23)42-34-28(39)19-40-35(43-34)31-27-16-24(38)11-12-29(27)44-45-31/h3-5,7-8,11-12,16-17,19,21,23,25H,6,9-10,13-15,18,20H2,1-2H3,(H,41,49)(H,44,45)(H,40,42,43)/t23-,25+/m0/s1. The lowest BCUT2D eigenvalue weighted by Crippen LogP contribution is -2.46. The number of fused-ring (bicyclic) bond motifs is 2. The second kappa shape index (κ2) is 14.3. The maximum Gasteiger partial charge on any atom is 0.274 e. The summed E-state index contributed by atoms with van der Waals surface area (Å²) >= 11 is 0. The lowest BCUT2D eigenvalue weighted by molar-refractivity contribution is -0.126. The van der Waals surface area contributed by atoms with Gasteiger partial charge in [-0.25, -0.2) is 18.7 Å². The van der Waals surface area contributed by atoms with Crippen molar-refractivity contribution in [3.8, 4) is 17.3 Å². The van der Waals surface area contributed by atoms with E-state index in [4.69, 9.17) is 4.74 Å². The molecule has 264 valence electrons. The van der Waals surface area contributed by atoms with Gasteiger partial charge in [0.2, 0.25) is 11.3 Å². The van der Waals surface area contributed by atoms with Crippen LogP contribution in [0.1, 0.15) is 61.3 Å². The van der Waals surface area contributed by atoms with E-state index < -0.39 is 17.1 Å². The highest BCUT2D eigenvalue weighted by atomic mass is 19.1. The van der Waals surface area contributed by atoms with Crippen molar-refractivity contribution in [1.82, 2.24) is 34.9 Å². The molecule has 14 heteroatoms. The molecule has 5 aromatic rings. The Kier molecular flexibility index (Phi) is 9.48. The molecule has 51 heavy (non-hydrogen) atoms. The molecular weight excluding hydrogens is 658 g/mol. The number of anilines is 1. The molecule has 1 fully saturated rings. The molecule has 0 radical (unpaired) electrons. The van der Waals surface area contributed by atoms with Crippen LogP contribution in [0.25, 0.3) is 22.4 Å². The third-order valence-corrected chi connectivity index (χ3v) is 9.54. The lowest BCUT2D eigenvalue weighted by Gasteiger charge is -2.35. The summed E-state index contributed by atoms with van der Waals surface area (Å²) in [7, 11) is 0. The van der Waals surface area contributed by atoms with Gasteiger partial charge >= 0.3 is 0 Å². The van der Waals surface area contributed by atoms with Crippen LogP contribution in [0, 0.1) is 17.6 Å². The number of carbonyl (C=O) groups excluding carboxylic acids is 2. The number of carbonyl (C=O) groups is 2. The summed E-state index contributed by atoms with van der Waals surface area (Å²) in [5.41, 5.74) is 2.02. The van der Waals surface area contributed by atoms with Crippen LogP contribution >= 0.6 is 0 Å². The molecule has 0 spiro atoms. The van der Waals surface area contributed by atoms with Crippen LogP contribution < -0.4 is 20.8 Å². The van der Waals surface area contributed by atoms with Crippen molar-refractivity contribution in [2.45, 2.75) is 71.3 Å². The number of hydrogen-bond acceptors (Lipinski definition) is 8. The van der Waals surface area contributed by atoms with Gasteiger partial charge in [-0.15, -0.1) is 0 Å². The molecule has 2 aliphatic rings. The van der Waals surface area contributed by atoms with Crippen LogP contribution in [-0.2, 0) is 24.5 Å². The number of nitrogens with zero attached hydrogens (tertiary/aromatic N) is 5. The number of halogens is 2. The fourth-order valence-corrected chi connectivity index (χ4v) is 6.91. The zero-order valence-corrected chi connectivity index (χ0v) is 28.3. The molecule has 4 heterocycles. The molecule has 1 saturated carbocycles. The van der Waals surface area contributed by atoms with Crippen molar-refractivity contribution in [2.75, 3.05) is 11.9 Å².